The molecule has 0 atom stereocenters. The summed E-state index contributed by atoms with van der Waals surface area (Å²) in [5.74, 6) is 0. The van der Waals surface area contributed by atoms with E-state index in [9.17, 15) is 0 Å². The van der Waals surface area contributed by atoms with E-state index in [2.05, 4.69) is 32.7 Å². The average Bonchev–Trinajstić information content (AvgIpc) is 2.10. The summed E-state index contributed by atoms with van der Waals surface area (Å²) >= 11 is 0. The van der Waals surface area contributed by atoms with Crippen LogP contribution in [-0.2, 0) is 0 Å². The number of hydrogen-bond acceptors (Lipinski definition) is 1. The van der Waals surface area contributed by atoms with E-state index in [0.717, 1.165) is 6.54 Å². The highest BCUT2D eigenvalue weighted by Gasteiger charge is 1.95. The van der Waals surface area contributed by atoms with Gasteiger partial charge in [0.1, 0.15) is 0 Å². The molecule has 0 rings (SSSR count). The first-order chi connectivity index (χ1) is 5.18. The van der Waals surface area contributed by atoms with Gasteiger partial charge in [0.05, 0.1) is 0 Å². The molecule has 0 N–H and O–H groups in total. The van der Waals surface area contributed by atoms with Crippen molar-refractivity contribution < 1.29 is 0 Å². The van der Waals surface area contributed by atoms with Crippen LogP contribution in [0.4, 0.5) is 0 Å². The molecule has 0 unspecified atom stereocenters. The molecule has 0 aliphatic heterocycles. The molecular weight excluding hydrogens is 134 g/mol. The second-order valence-electron chi connectivity index (χ2n) is 2.17. The molecule has 72 valence electrons. The Bertz CT molecular complexity index is 42.1. The number of hydrogen-bond donors (Lipinski definition) is 0. The highest BCUT2D eigenvalue weighted by molar-refractivity contribution is 4.51. The van der Waals surface area contributed by atoms with Gasteiger partial charge in [-0.05, 0) is 27.4 Å². The van der Waals surface area contributed by atoms with Gasteiger partial charge in [-0.15, -0.1) is 0 Å². The predicted octanol–water partition coefficient (Wildman–Crippen LogP) is 3.40. The first-order valence-corrected chi connectivity index (χ1v) is 4.88. The topological polar surface area (TPSA) is 3.24 Å². The van der Waals surface area contributed by atoms with Crippen molar-refractivity contribution in [3.8, 4) is 0 Å². The van der Waals surface area contributed by atoms with Gasteiger partial charge in [-0.1, -0.05) is 34.6 Å². The van der Waals surface area contributed by atoms with Crippen molar-refractivity contribution in [2.24, 2.45) is 0 Å². The third kappa shape index (κ3) is 17.8. The second kappa shape index (κ2) is 16.5. The molecule has 0 saturated heterocycles. The van der Waals surface area contributed by atoms with Gasteiger partial charge in [0.2, 0.25) is 0 Å². The fraction of sp³-hybridized carbons (Fsp3) is 1.00. The minimum absolute atomic E-state index is 0.699. The lowest BCUT2D eigenvalue weighted by Crippen LogP contribution is -2.25. The highest BCUT2D eigenvalue weighted by Crippen LogP contribution is 1.89. The van der Waals surface area contributed by atoms with E-state index >= 15 is 0 Å². The van der Waals surface area contributed by atoms with Crippen LogP contribution in [0.1, 0.15) is 48.5 Å². The molecule has 0 aromatic carbocycles. The highest BCUT2D eigenvalue weighted by atomic mass is 15.1. The van der Waals surface area contributed by atoms with Crippen molar-refractivity contribution in [2.75, 3.05) is 13.6 Å². The molecule has 0 aromatic rings. The van der Waals surface area contributed by atoms with Crippen LogP contribution in [0.3, 0.4) is 0 Å². The fourth-order valence-corrected chi connectivity index (χ4v) is 0.365. The molecule has 0 saturated carbocycles. The molecule has 0 fully saturated rings. The summed E-state index contributed by atoms with van der Waals surface area (Å²) in [4.78, 5) is 2.29. The Labute approximate surface area is 73.8 Å². The lowest BCUT2D eigenvalue weighted by atomic mass is 10.3. The Morgan fingerprint density at radius 2 is 1.27 bits per heavy atom. The van der Waals surface area contributed by atoms with Gasteiger partial charge in [0.15, 0.2) is 0 Å². The van der Waals surface area contributed by atoms with Gasteiger partial charge in [-0.3, -0.25) is 0 Å². The van der Waals surface area contributed by atoms with Crippen molar-refractivity contribution >= 4 is 0 Å². The summed E-state index contributed by atoms with van der Waals surface area (Å²) in [6, 6.07) is 0.699. The van der Waals surface area contributed by atoms with Crippen LogP contribution >= 0.6 is 0 Å². The van der Waals surface area contributed by atoms with E-state index < -0.39 is 0 Å². The SMILES string of the molecule is CC.CC.CCN(C)C(C)C. The first-order valence-electron chi connectivity index (χ1n) is 4.88. The Kier molecular flexibility index (Phi) is 25.7. The van der Waals surface area contributed by atoms with Gasteiger partial charge in [-0.25, -0.2) is 0 Å². The Balaban J connectivity index is -0.000000138. The smallest absolute Gasteiger partial charge is 0.00354 e. The van der Waals surface area contributed by atoms with E-state index in [4.69, 9.17) is 0 Å². The monoisotopic (exact) mass is 161 g/mol. The number of rotatable bonds is 2. The van der Waals surface area contributed by atoms with E-state index in [1.807, 2.05) is 27.7 Å². The van der Waals surface area contributed by atoms with Crippen LogP contribution in [0.2, 0.25) is 0 Å². The van der Waals surface area contributed by atoms with E-state index in [0.29, 0.717) is 6.04 Å². The van der Waals surface area contributed by atoms with Crippen LogP contribution < -0.4 is 0 Å². The van der Waals surface area contributed by atoms with Crippen LogP contribution in [0, 0.1) is 0 Å². The molecule has 0 bridgehead atoms. The molecule has 0 amide bonds. The zero-order valence-corrected chi connectivity index (χ0v) is 9.73. The maximum absolute atomic E-state index is 2.29. The Morgan fingerprint density at radius 1 is 1.00 bits per heavy atom. The molecule has 0 aromatic heterocycles. The summed E-state index contributed by atoms with van der Waals surface area (Å²) in [5, 5.41) is 0. The average molecular weight is 161 g/mol. The molecule has 0 aliphatic carbocycles. The second-order valence-corrected chi connectivity index (χ2v) is 2.17. The third-order valence-corrected chi connectivity index (χ3v) is 1.38. The minimum atomic E-state index is 0.699. The van der Waals surface area contributed by atoms with Crippen molar-refractivity contribution in [1.29, 1.82) is 0 Å². The van der Waals surface area contributed by atoms with Crippen molar-refractivity contribution in [1.82, 2.24) is 4.90 Å². The van der Waals surface area contributed by atoms with Gasteiger partial charge in [0.25, 0.3) is 0 Å². The normalized spacial score (nSPS) is 8.18. The van der Waals surface area contributed by atoms with Crippen molar-refractivity contribution in [3.63, 3.8) is 0 Å². The van der Waals surface area contributed by atoms with E-state index in [1.54, 1.807) is 0 Å². The molecule has 0 radical (unpaired) electrons. The largest absolute Gasteiger partial charge is 0.304 e. The number of nitrogens with zero attached hydrogens (tertiary/aromatic N) is 1. The minimum Gasteiger partial charge on any atom is -0.304 e. The molecule has 11 heavy (non-hydrogen) atoms. The first kappa shape index (κ1) is 17.2. The molecular formula is C10H27N. The standard InChI is InChI=1S/C6H15N.2C2H6/c1-5-7(4)6(2)3;2*1-2/h6H,5H2,1-4H3;2*1-2H3. The van der Waals surface area contributed by atoms with Crippen LogP contribution in [0.15, 0.2) is 0 Å². The lowest BCUT2D eigenvalue weighted by Gasteiger charge is -2.17. The quantitative estimate of drug-likeness (QED) is 0.600. The molecule has 0 aliphatic rings. The zero-order valence-electron chi connectivity index (χ0n) is 9.73. The molecule has 0 heterocycles. The summed E-state index contributed by atoms with van der Waals surface area (Å²) in [6.45, 7) is 15.7. The predicted molar refractivity (Wildman–Crippen MR) is 56.1 cm³/mol. The van der Waals surface area contributed by atoms with Crippen LogP contribution in [-0.4, -0.2) is 24.5 Å². The van der Waals surface area contributed by atoms with Gasteiger partial charge >= 0.3 is 0 Å². The maximum atomic E-state index is 2.29. The maximum Gasteiger partial charge on any atom is 0.00354 e. The van der Waals surface area contributed by atoms with E-state index in [1.165, 1.54) is 0 Å². The van der Waals surface area contributed by atoms with Crippen LogP contribution in [0.25, 0.3) is 0 Å². The van der Waals surface area contributed by atoms with Crippen LogP contribution in [0.5, 0.6) is 0 Å². The van der Waals surface area contributed by atoms with Gasteiger partial charge in [0, 0.05) is 6.04 Å². The Hall–Kier alpha value is -0.0400. The van der Waals surface area contributed by atoms with Crippen molar-refractivity contribution in [3.05, 3.63) is 0 Å². The summed E-state index contributed by atoms with van der Waals surface area (Å²) in [6.07, 6.45) is 0. The van der Waals surface area contributed by atoms with Gasteiger partial charge < -0.3 is 4.90 Å². The summed E-state index contributed by atoms with van der Waals surface area (Å²) in [7, 11) is 2.13. The summed E-state index contributed by atoms with van der Waals surface area (Å²) < 4.78 is 0. The Morgan fingerprint density at radius 3 is 1.27 bits per heavy atom. The third-order valence-electron chi connectivity index (χ3n) is 1.38. The molecule has 1 heteroatoms. The fourth-order valence-electron chi connectivity index (χ4n) is 0.365. The summed E-state index contributed by atoms with van der Waals surface area (Å²) in [5.41, 5.74) is 0. The van der Waals surface area contributed by atoms with Crippen molar-refractivity contribution in [2.45, 2.75) is 54.5 Å². The molecule has 1 nitrogen and oxygen atoms in total. The lowest BCUT2D eigenvalue weighted by molar-refractivity contribution is 0.289. The zero-order chi connectivity index (χ0) is 9.86. The van der Waals surface area contributed by atoms with Gasteiger partial charge in [-0.2, -0.15) is 0 Å². The molecule has 0 spiro atoms. The van der Waals surface area contributed by atoms with E-state index in [-0.39, 0.29) is 0 Å².